The highest BCUT2D eigenvalue weighted by atomic mass is 32.2. The summed E-state index contributed by atoms with van der Waals surface area (Å²) in [6, 6.07) is 12.0. The summed E-state index contributed by atoms with van der Waals surface area (Å²) in [6.07, 6.45) is 10.3. The van der Waals surface area contributed by atoms with E-state index >= 15 is 0 Å². The number of piperazine rings is 1. The molecule has 15 heteroatoms. The molecule has 4 N–H and O–H groups in total. The van der Waals surface area contributed by atoms with Crippen molar-refractivity contribution in [3.05, 3.63) is 59.7 Å². The minimum absolute atomic E-state index is 0.0666. The van der Waals surface area contributed by atoms with Crippen LogP contribution in [0.3, 0.4) is 0 Å². The molecular weight excluding hydrogens is 711 g/mol. The van der Waals surface area contributed by atoms with Gasteiger partial charge >= 0.3 is 0 Å². The molecule has 2 aliphatic heterocycles. The summed E-state index contributed by atoms with van der Waals surface area (Å²) in [5.74, 6) is 2.48. The van der Waals surface area contributed by atoms with Crippen molar-refractivity contribution in [1.29, 1.82) is 0 Å². The zero-order chi connectivity index (χ0) is 37.1. The lowest BCUT2D eigenvalue weighted by atomic mass is 9.53. The largest absolute Gasteiger partial charge is 0.355 e. The van der Waals surface area contributed by atoms with Crippen LogP contribution in [0, 0.1) is 43.4 Å². The third-order valence-corrected chi connectivity index (χ3v) is 13.4. The van der Waals surface area contributed by atoms with Crippen LogP contribution >= 0.6 is 0 Å². The molecule has 1 amide bonds. The van der Waals surface area contributed by atoms with Crippen molar-refractivity contribution in [2.45, 2.75) is 93.0 Å². The summed E-state index contributed by atoms with van der Waals surface area (Å²) in [6.45, 7) is 8.84. The fourth-order valence-electron chi connectivity index (χ4n) is 8.92. The number of carbonyl (C=O) groups excluding carboxylic acids is 1. The molecule has 0 aromatic heterocycles. The van der Waals surface area contributed by atoms with Crippen LogP contribution in [0.15, 0.2) is 58.3 Å². The first-order valence-electron chi connectivity index (χ1n) is 18.5. The molecule has 9 rings (SSSR count). The summed E-state index contributed by atoms with van der Waals surface area (Å²) in [4.78, 5) is 26.5. The van der Waals surface area contributed by atoms with Gasteiger partial charge in [-0.05, 0) is 101 Å². The normalized spacial score (nSPS) is 32.5. The first-order chi connectivity index (χ1) is 24.6. The van der Waals surface area contributed by atoms with Gasteiger partial charge in [0.1, 0.15) is 0 Å². The predicted octanol–water partition coefficient (Wildman–Crippen LogP) is 4.51. The maximum absolute atomic E-state index is 12.3. The quantitative estimate of drug-likeness (QED) is 0.239. The molecule has 52 heavy (non-hydrogen) atoms. The van der Waals surface area contributed by atoms with Crippen molar-refractivity contribution in [3.63, 3.8) is 0 Å². The van der Waals surface area contributed by atoms with Gasteiger partial charge in [0.15, 0.2) is 0 Å². The number of hydrogen-bond acceptors (Lipinski definition) is 10. The Morgan fingerprint density at radius 3 is 1.73 bits per heavy atom. The van der Waals surface area contributed by atoms with E-state index in [0.717, 1.165) is 81.4 Å². The van der Waals surface area contributed by atoms with Gasteiger partial charge in [-0.15, -0.1) is 0 Å². The fraction of sp³-hybridized carbons (Fsp3) is 0.649. The third-order valence-electron chi connectivity index (χ3n) is 11.6. The van der Waals surface area contributed by atoms with Crippen LogP contribution in [-0.2, 0) is 39.5 Å². The maximum Gasteiger partial charge on any atom is 0.294 e. The molecule has 0 atom stereocenters. The summed E-state index contributed by atoms with van der Waals surface area (Å²) in [7, 11) is -8.04. The number of nitrogens with zero attached hydrogens (tertiary/aromatic N) is 1. The number of aryl methyl sites for hydroxylation is 2. The highest BCUT2D eigenvalue weighted by molar-refractivity contribution is 7.86. The van der Waals surface area contributed by atoms with Gasteiger partial charge in [-0.3, -0.25) is 18.8 Å². The van der Waals surface area contributed by atoms with Crippen molar-refractivity contribution in [3.8, 4) is 0 Å². The predicted molar refractivity (Wildman–Crippen MR) is 192 cm³/mol. The first-order valence-corrected chi connectivity index (χ1v) is 21.4. The summed E-state index contributed by atoms with van der Waals surface area (Å²) in [5, 5.41) is 6.49. The number of hydrogen-bond donors (Lipinski definition) is 4. The highest BCUT2D eigenvalue weighted by Crippen LogP contribution is 2.63. The van der Waals surface area contributed by atoms with Crippen molar-refractivity contribution in [2.24, 2.45) is 29.6 Å². The van der Waals surface area contributed by atoms with E-state index in [2.05, 4.69) is 15.5 Å². The van der Waals surface area contributed by atoms with Crippen LogP contribution in [0.4, 0.5) is 0 Å². The van der Waals surface area contributed by atoms with Crippen molar-refractivity contribution >= 4 is 26.1 Å². The van der Waals surface area contributed by atoms with Crippen LogP contribution < -0.4 is 10.6 Å². The third kappa shape index (κ3) is 9.60. The number of amides is 1. The topological polar surface area (TPSA) is 181 Å². The Hall–Kier alpha value is -2.47. The second kappa shape index (κ2) is 16.1. The van der Waals surface area contributed by atoms with Crippen LogP contribution in [0.5, 0.6) is 0 Å². The minimum atomic E-state index is -4.02. The van der Waals surface area contributed by atoms with Gasteiger partial charge < -0.3 is 15.4 Å². The average molecular weight is 764 g/mol. The van der Waals surface area contributed by atoms with E-state index in [1.165, 1.54) is 56.4 Å². The SMILES string of the molecule is Cc1ccc(S(=O)(=O)O)cc1.Cc1ccc(S(=O)(=O)O)cc1.O=C(CN1CCNCC1)NCC1CCC2(CC1)OOC1(O2)C2CC3CC(C2)CC1C3. The van der Waals surface area contributed by atoms with Gasteiger partial charge in [0.25, 0.3) is 20.2 Å². The van der Waals surface area contributed by atoms with Crippen LogP contribution in [0.25, 0.3) is 0 Å². The lowest BCUT2D eigenvalue weighted by Crippen LogP contribution is -2.59. The lowest BCUT2D eigenvalue weighted by molar-refractivity contribution is -0.390. The van der Waals surface area contributed by atoms with E-state index < -0.39 is 31.8 Å². The van der Waals surface area contributed by atoms with Crippen molar-refractivity contribution in [1.82, 2.24) is 15.5 Å². The van der Waals surface area contributed by atoms with E-state index in [1.54, 1.807) is 24.3 Å². The van der Waals surface area contributed by atoms with Gasteiger partial charge in [-0.25, -0.2) is 0 Å². The van der Waals surface area contributed by atoms with Crippen molar-refractivity contribution < 1.29 is 45.2 Å². The average Bonchev–Trinajstić information content (AvgIpc) is 3.47. The Bertz CT molecular complexity index is 1640. The standard InChI is InChI=1S/C23H37N3O4.2C7H8O3S/c27-21(15-26-7-5-24-6-8-26)25-14-16-1-3-22(4-2-16)28-23(30-29-22)19-10-17-9-18(12-19)13-20(23)11-17;2*1-6-2-4-7(5-3-6)11(8,9)10/h16-20,24H,1-15H2,(H,25,27);2*2-5H,1H3,(H,8,9,10). The second-order valence-corrected chi connectivity index (χ2v) is 18.4. The number of nitrogens with one attached hydrogen (secondary N) is 2. The Balaban J connectivity index is 0.000000173. The number of rotatable bonds is 6. The molecule has 288 valence electrons. The van der Waals surface area contributed by atoms with Crippen LogP contribution in [0.2, 0.25) is 0 Å². The Morgan fingerprint density at radius 2 is 1.27 bits per heavy atom. The van der Waals surface area contributed by atoms with E-state index in [-0.39, 0.29) is 15.7 Å². The van der Waals surface area contributed by atoms with E-state index in [1.807, 2.05) is 13.8 Å². The monoisotopic (exact) mass is 763 g/mol. The zero-order valence-electron chi connectivity index (χ0n) is 30.0. The smallest absolute Gasteiger partial charge is 0.294 e. The molecule has 2 saturated heterocycles. The molecule has 5 aliphatic carbocycles. The lowest BCUT2D eigenvalue weighted by Gasteiger charge is -2.57. The van der Waals surface area contributed by atoms with Crippen LogP contribution in [-0.4, -0.2) is 87.6 Å². The highest BCUT2D eigenvalue weighted by Gasteiger charge is 2.66. The van der Waals surface area contributed by atoms with Gasteiger partial charge in [0.2, 0.25) is 17.5 Å². The maximum atomic E-state index is 12.3. The summed E-state index contributed by atoms with van der Waals surface area (Å²) < 4.78 is 65.9. The molecule has 2 spiro atoms. The Labute approximate surface area is 307 Å². The molecule has 13 nitrogen and oxygen atoms in total. The van der Waals surface area contributed by atoms with Crippen LogP contribution in [0.1, 0.15) is 68.9 Å². The minimum Gasteiger partial charge on any atom is -0.355 e. The second-order valence-electron chi connectivity index (χ2n) is 15.6. The zero-order valence-corrected chi connectivity index (χ0v) is 31.7. The van der Waals surface area contributed by atoms with E-state index in [0.29, 0.717) is 24.3 Å². The van der Waals surface area contributed by atoms with E-state index in [4.69, 9.17) is 23.6 Å². The molecule has 7 fully saturated rings. The molecular formula is C37H53N3O10S2. The van der Waals surface area contributed by atoms with Crippen molar-refractivity contribution in [2.75, 3.05) is 39.3 Å². The number of carbonyl (C=O) groups is 1. The summed E-state index contributed by atoms with van der Waals surface area (Å²) in [5.41, 5.74) is 1.91. The first kappa shape index (κ1) is 39.2. The molecule has 0 radical (unpaired) electrons. The van der Waals surface area contributed by atoms with Gasteiger partial charge in [0, 0.05) is 57.4 Å². The van der Waals surface area contributed by atoms with Gasteiger partial charge in [0.05, 0.1) is 16.3 Å². The molecule has 5 saturated carbocycles. The molecule has 0 unspecified atom stereocenters. The molecule has 7 aliphatic rings. The molecule has 4 bridgehead atoms. The number of benzene rings is 2. The van der Waals surface area contributed by atoms with Gasteiger partial charge in [-0.2, -0.15) is 26.6 Å². The Kier molecular flexibility index (Phi) is 12.1. The number of ether oxygens (including phenoxy) is 1. The summed E-state index contributed by atoms with van der Waals surface area (Å²) >= 11 is 0. The molecule has 2 aromatic rings. The molecule has 2 aromatic carbocycles. The Morgan fingerprint density at radius 1 is 0.788 bits per heavy atom. The van der Waals surface area contributed by atoms with Gasteiger partial charge in [-0.1, -0.05) is 35.4 Å². The van der Waals surface area contributed by atoms with E-state index in [9.17, 15) is 21.6 Å². The molecule has 2 heterocycles. The fourth-order valence-corrected chi connectivity index (χ4v) is 9.88.